The molecule has 7 nitrogen and oxygen atoms in total. The Morgan fingerprint density at radius 1 is 1.47 bits per heavy atom. The van der Waals surface area contributed by atoms with Crippen molar-refractivity contribution in [3.05, 3.63) is 27.8 Å². The topological polar surface area (TPSA) is 139 Å². The van der Waals surface area contributed by atoms with Crippen LogP contribution in [0.4, 0.5) is 17.1 Å². The largest absolute Gasteiger partial charge is 0.412 e. The van der Waals surface area contributed by atoms with Gasteiger partial charge in [0.05, 0.1) is 11.1 Å². The first-order valence-electron chi connectivity index (χ1n) is 4.48. The standard InChI is InChI=1S/C9H14N4O2.BrH.H2O/c1-5-3-7(11)9(13(14)15)4-8(5)12-6(2)10;;/h3-4,6,12H,10-11H2,1-2H3;1H;1H2. The summed E-state index contributed by atoms with van der Waals surface area (Å²) >= 11 is 0. The van der Waals surface area contributed by atoms with Gasteiger partial charge in [-0.2, -0.15) is 0 Å². The van der Waals surface area contributed by atoms with E-state index in [4.69, 9.17) is 11.5 Å². The normalized spacial score (nSPS) is 10.8. The molecule has 0 aliphatic carbocycles. The minimum Gasteiger partial charge on any atom is -0.412 e. The lowest BCUT2D eigenvalue weighted by molar-refractivity contribution is -0.383. The molecule has 1 rings (SSSR count). The maximum atomic E-state index is 10.6. The third kappa shape index (κ3) is 4.55. The number of halogens is 1. The quantitative estimate of drug-likeness (QED) is 0.330. The van der Waals surface area contributed by atoms with Gasteiger partial charge in [-0.3, -0.25) is 10.1 Å². The average molecular weight is 309 g/mol. The molecule has 98 valence electrons. The Balaban J connectivity index is 0. The molecule has 17 heavy (non-hydrogen) atoms. The van der Waals surface area contributed by atoms with E-state index < -0.39 is 4.92 Å². The third-order valence-corrected chi connectivity index (χ3v) is 1.95. The number of nitro benzene ring substituents is 1. The molecule has 1 aromatic rings. The number of aryl methyl sites for hydroxylation is 1. The van der Waals surface area contributed by atoms with Crippen molar-refractivity contribution in [1.82, 2.24) is 0 Å². The molecule has 1 unspecified atom stereocenters. The Hall–Kier alpha value is -1.38. The van der Waals surface area contributed by atoms with Gasteiger partial charge in [0.1, 0.15) is 5.69 Å². The number of nitrogens with one attached hydrogen (secondary N) is 1. The van der Waals surface area contributed by atoms with Crippen LogP contribution in [0.3, 0.4) is 0 Å². The van der Waals surface area contributed by atoms with Gasteiger partial charge in [-0.1, -0.05) is 0 Å². The fraction of sp³-hybridized carbons (Fsp3) is 0.333. The summed E-state index contributed by atoms with van der Waals surface area (Å²) in [6.45, 7) is 3.56. The van der Waals surface area contributed by atoms with Crippen LogP contribution in [-0.4, -0.2) is 16.6 Å². The first kappa shape index (κ1) is 18.0. The van der Waals surface area contributed by atoms with Gasteiger partial charge < -0.3 is 22.3 Å². The first-order chi connectivity index (χ1) is 6.91. The van der Waals surface area contributed by atoms with Crippen molar-refractivity contribution >= 4 is 34.0 Å². The molecule has 0 aromatic heterocycles. The van der Waals surface area contributed by atoms with Crippen LogP contribution < -0.4 is 16.8 Å². The summed E-state index contributed by atoms with van der Waals surface area (Å²) in [6, 6.07) is 2.96. The van der Waals surface area contributed by atoms with Gasteiger partial charge in [0.15, 0.2) is 0 Å². The number of hydrogen-bond acceptors (Lipinski definition) is 5. The molecule has 0 saturated carbocycles. The van der Waals surface area contributed by atoms with Gasteiger partial charge >= 0.3 is 0 Å². The van der Waals surface area contributed by atoms with Crippen LogP contribution in [-0.2, 0) is 0 Å². The van der Waals surface area contributed by atoms with Crippen LogP contribution >= 0.6 is 17.0 Å². The van der Waals surface area contributed by atoms with Crippen LogP contribution in [0.5, 0.6) is 0 Å². The summed E-state index contributed by atoms with van der Waals surface area (Å²) in [6.07, 6.45) is -0.271. The maximum Gasteiger partial charge on any atom is 0.294 e. The SMILES string of the molecule is Br.Cc1cc(N)c([N+](=O)[O-])cc1NC(C)N.O. The van der Waals surface area contributed by atoms with Crippen molar-refractivity contribution < 1.29 is 10.4 Å². The highest BCUT2D eigenvalue weighted by Crippen LogP contribution is 2.28. The number of anilines is 2. The molecule has 0 radical (unpaired) electrons. The second-order valence-electron chi connectivity index (χ2n) is 3.42. The summed E-state index contributed by atoms with van der Waals surface area (Å²) in [5, 5.41) is 13.6. The van der Waals surface area contributed by atoms with Crippen LogP contribution in [0.15, 0.2) is 12.1 Å². The van der Waals surface area contributed by atoms with Crippen molar-refractivity contribution in [1.29, 1.82) is 0 Å². The zero-order valence-electron chi connectivity index (χ0n) is 9.56. The van der Waals surface area contributed by atoms with Crippen LogP contribution in [0.2, 0.25) is 0 Å². The van der Waals surface area contributed by atoms with Crippen molar-refractivity contribution in [3.63, 3.8) is 0 Å². The molecular formula is C9H17BrN4O3. The van der Waals surface area contributed by atoms with Crippen LogP contribution in [0.25, 0.3) is 0 Å². The summed E-state index contributed by atoms with van der Waals surface area (Å²) < 4.78 is 0. The van der Waals surface area contributed by atoms with Gasteiger partial charge in [0.25, 0.3) is 5.69 Å². The highest BCUT2D eigenvalue weighted by atomic mass is 79.9. The molecule has 0 aliphatic rings. The lowest BCUT2D eigenvalue weighted by atomic mass is 10.1. The van der Waals surface area contributed by atoms with E-state index in [1.165, 1.54) is 6.07 Å². The second-order valence-corrected chi connectivity index (χ2v) is 3.42. The van der Waals surface area contributed by atoms with Gasteiger partial charge in [-0.25, -0.2) is 0 Å². The smallest absolute Gasteiger partial charge is 0.294 e. The van der Waals surface area contributed by atoms with E-state index in [9.17, 15) is 10.1 Å². The Labute approximate surface area is 109 Å². The lowest BCUT2D eigenvalue weighted by Crippen LogP contribution is -2.25. The van der Waals surface area contributed by atoms with Gasteiger partial charge in [0.2, 0.25) is 0 Å². The van der Waals surface area contributed by atoms with Crippen molar-refractivity contribution in [3.8, 4) is 0 Å². The van der Waals surface area contributed by atoms with E-state index in [1.54, 1.807) is 13.0 Å². The van der Waals surface area contributed by atoms with Gasteiger partial charge in [-0.05, 0) is 25.5 Å². The number of hydrogen-bond donors (Lipinski definition) is 3. The average Bonchev–Trinajstić information content (AvgIpc) is 2.08. The molecule has 1 aromatic carbocycles. The molecule has 8 heteroatoms. The monoisotopic (exact) mass is 308 g/mol. The number of nitrogens with zero attached hydrogens (tertiary/aromatic N) is 1. The highest BCUT2D eigenvalue weighted by molar-refractivity contribution is 8.93. The molecule has 0 amide bonds. The van der Waals surface area contributed by atoms with E-state index >= 15 is 0 Å². The number of nitrogen functional groups attached to an aromatic ring is 1. The maximum absolute atomic E-state index is 10.6. The predicted octanol–water partition coefficient (Wildman–Crippen LogP) is 0.955. The lowest BCUT2D eigenvalue weighted by Gasteiger charge is -2.13. The number of nitrogens with two attached hydrogens (primary N) is 2. The van der Waals surface area contributed by atoms with E-state index in [-0.39, 0.29) is 40.0 Å². The van der Waals surface area contributed by atoms with Crippen molar-refractivity contribution in [2.45, 2.75) is 20.0 Å². The van der Waals surface area contributed by atoms with Gasteiger partial charge in [0, 0.05) is 11.8 Å². The van der Waals surface area contributed by atoms with Crippen LogP contribution in [0, 0.1) is 17.0 Å². The molecule has 0 spiro atoms. The number of nitro groups is 1. The Kier molecular flexibility index (Phi) is 7.46. The molecule has 7 N–H and O–H groups in total. The summed E-state index contributed by atoms with van der Waals surface area (Å²) in [5.74, 6) is 0. The summed E-state index contributed by atoms with van der Waals surface area (Å²) in [7, 11) is 0. The highest BCUT2D eigenvalue weighted by Gasteiger charge is 2.14. The van der Waals surface area contributed by atoms with Crippen LogP contribution in [0.1, 0.15) is 12.5 Å². The number of rotatable bonds is 3. The molecule has 0 heterocycles. The summed E-state index contributed by atoms with van der Waals surface area (Å²) in [4.78, 5) is 10.1. The molecular weight excluding hydrogens is 292 g/mol. The Morgan fingerprint density at radius 3 is 2.41 bits per heavy atom. The third-order valence-electron chi connectivity index (χ3n) is 1.95. The van der Waals surface area contributed by atoms with Gasteiger partial charge in [-0.15, -0.1) is 17.0 Å². The molecule has 0 fully saturated rings. The Morgan fingerprint density at radius 2 is 2.00 bits per heavy atom. The minimum atomic E-state index is -0.513. The molecule has 0 bridgehead atoms. The zero-order valence-corrected chi connectivity index (χ0v) is 11.3. The van der Waals surface area contributed by atoms with E-state index in [0.717, 1.165) is 5.56 Å². The molecule has 0 saturated heterocycles. The predicted molar refractivity (Wildman–Crippen MR) is 73.5 cm³/mol. The fourth-order valence-corrected chi connectivity index (χ4v) is 1.28. The molecule has 1 atom stereocenters. The Bertz CT molecular complexity index is 398. The fourth-order valence-electron chi connectivity index (χ4n) is 1.28. The van der Waals surface area contributed by atoms with Crippen molar-refractivity contribution in [2.75, 3.05) is 11.1 Å². The number of benzene rings is 1. The second kappa shape index (κ2) is 7.05. The van der Waals surface area contributed by atoms with E-state index in [1.807, 2.05) is 6.92 Å². The van der Waals surface area contributed by atoms with Crippen molar-refractivity contribution in [2.24, 2.45) is 5.73 Å². The van der Waals surface area contributed by atoms with E-state index in [2.05, 4.69) is 5.32 Å². The molecule has 0 aliphatic heterocycles. The summed E-state index contributed by atoms with van der Waals surface area (Å²) in [5.41, 5.74) is 12.6. The van der Waals surface area contributed by atoms with E-state index in [0.29, 0.717) is 5.69 Å². The minimum absolute atomic E-state index is 0. The first-order valence-corrected chi connectivity index (χ1v) is 4.48. The zero-order chi connectivity index (χ0) is 11.6.